The summed E-state index contributed by atoms with van der Waals surface area (Å²) in [5.74, 6) is 3.18. The molecule has 0 spiro atoms. The first-order valence-electron chi connectivity index (χ1n) is 9.80. The third kappa shape index (κ3) is 4.39. The summed E-state index contributed by atoms with van der Waals surface area (Å²) < 4.78 is 0. The average molecular weight is 390 g/mol. The van der Waals surface area contributed by atoms with Gasteiger partial charge in [-0.3, -0.25) is 4.79 Å². The van der Waals surface area contributed by atoms with Gasteiger partial charge in [0.15, 0.2) is 0 Å². The zero-order valence-electron chi connectivity index (χ0n) is 15.2. The molecular formula is C20H27N3OS2. The number of carbonyl (C=O) groups is 1. The minimum absolute atomic E-state index is 0.349. The van der Waals surface area contributed by atoms with Crippen molar-refractivity contribution in [3.8, 4) is 0 Å². The lowest BCUT2D eigenvalue weighted by Gasteiger charge is -2.31. The van der Waals surface area contributed by atoms with E-state index < -0.39 is 0 Å². The molecule has 2 saturated heterocycles. The van der Waals surface area contributed by atoms with Gasteiger partial charge in [-0.2, -0.15) is 0 Å². The number of benzene rings is 1. The number of H-pyrrole nitrogens is 1. The van der Waals surface area contributed by atoms with Crippen LogP contribution in [0.25, 0.3) is 11.0 Å². The van der Waals surface area contributed by atoms with Gasteiger partial charge in [-0.1, -0.05) is 40.1 Å². The zero-order valence-corrected chi connectivity index (χ0v) is 16.8. The largest absolute Gasteiger partial charge is 0.343 e. The summed E-state index contributed by atoms with van der Waals surface area (Å²) in [6, 6.07) is 8.19. The average Bonchev–Trinajstić information content (AvgIpc) is 3.34. The molecule has 0 radical (unpaired) electrons. The highest BCUT2D eigenvalue weighted by Gasteiger charge is 2.25. The van der Waals surface area contributed by atoms with Crippen LogP contribution in [0.4, 0.5) is 0 Å². The first-order valence-corrected chi connectivity index (χ1v) is 12.2. The van der Waals surface area contributed by atoms with Crippen molar-refractivity contribution < 1.29 is 4.79 Å². The number of hydrogen-bond acceptors (Lipinski definition) is 4. The first kappa shape index (κ1) is 18.2. The highest BCUT2D eigenvalue weighted by Crippen LogP contribution is 2.40. The number of rotatable bonds is 6. The molecule has 4 rings (SSSR count). The van der Waals surface area contributed by atoms with E-state index in [4.69, 9.17) is 4.98 Å². The van der Waals surface area contributed by atoms with Crippen molar-refractivity contribution in [1.82, 2.24) is 14.9 Å². The van der Waals surface area contributed by atoms with Gasteiger partial charge in [0.25, 0.3) is 0 Å². The number of aromatic amines is 1. The van der Waals surface area contributed by atoms with Crippen LogP contribution < -0.4 is 0 Å². The van der Waals surface area contributed by atoms with Crippen LogP contribution in [0.15, 0.2) is 24.3 Å². The molecule has 140 valence electrons. The van der Waals surface area contributed by atoms with Crippen LogP contribution in [-0.2, 0) is 4.79 Å². The summed E-state index contributed by atoms with van der Waals surface area (Å²) >= 11 is 0. The fourth-order valence-corrected chi connectivity index (χ4v) is 6.97. The number of piperidine rings is 1. The summed E-state index contributed by atoms with van der Waals surface area (Å²) in [6.07, 6.45) is 7.62. The lowest BCUT2D eigenvalue weighted by Crippen LogP contribution is -2.38. The maximum atomic E-state index is 12.5. The fourth-order valence-electron chi connectivity index (χ4n) is 3.94. The van der Waals surface area contributed by atoms with Crippen LogP contribution >= 0.6 is 21.6 Å². The van der Waals surface area contributed by atoms with E-state index in [0.717, 1.165) is 60.9 Å². The molecule has 1 aromatic heterocycles. The Morgan fingerprint density at radius 2 is 2.04 bits per heavy atom. The number of carbonyl (C=O) groups excluding carboxylic acids is 1. The Morgan fingerprint density at radius 1 is 1.19 bits per heavy atom. The molecule has 1 N–H and O–H groups in total. The molecule has 0 bridgehead atoms. The van der Waals surface area contributed by atoms with Crippen LogP contribution in [0.2, 0.25) is 0 Å². The Bertz CT molecular complexity index is 700. The Kier molecular flexibility index (Phi) is 6.10. The van der Waals surface area contributed by atoms with Gasteiger partial charge in [0.1, 0.15) is 5.82 Å². The second-order valence-electron chi connectivity index (χ2n) is 7.37. The standard InChI is InChI=1S/C20H27N3OS2/c24-19(8-4-1-5-16-11-14-25-26-16)23-12-9-15(10-13-23)20-21-17-6-2-3-7-18(17)22-20/h2-3,6-7,15-16H,1,4-5,8-14H2,(H,21,22)/t16-/m0/s1. The summed E-state index contributed by atoms with van der Waals surface area (Å²) in [5, 5.41) is 0.828. The van der Waals surface area contributed by atoms with Crippen molar-refractivity contribution >= 4 is 38.5 Å². The van der Waals surface area contributed by atoms with Crippen molar-refractivity contribution in [2.75, 3.05) is 18.8 Å². The number of likely N-dealkylation sites (tertiary alicyclic amines) is 1. The van der Waals surface area contributed by atoms with E-state index >= 15 is 0 Å². The maximum Gasteiger partial charge on any atom is 0.222 e. The maximum absolute atomic E-state index is 12.5. The third-order valence-corrected chi connectivity index (χ3v) is 8.54. The van der Waals surface area contributed by atoms with Gasteiger partial charge in [-0.05, 0) is 44.2 Å². The van der Waals surface area contributed by atoms with Crippen LogP contribution in [0.5, 0.6) is 0 Å². The van der Waals surface area contributed by atoms with Crippen molar-refractivity contribution in [3.63, 3.8) is 0 Å². The number of amides is 1. The van der Waals surface area contributed by atoms with Crippen LogP contribution in [0, 0.1) is 0 Å². The lowest BCUT2D eigenvalue weighted by atomic mass is 9.96. The van der Waals surface area contributed by atoms with Gasteiger partial charge < -0.3 is 9.88 Å². The highest BCUT2D eigenvalue weighted by molar-refractivity contribution is 8.77. The highest BCUT2D eigenvalue weighted by atomic mass is 33.1. The van der Waals surface area contributed by atoms with E-state index in [1.807, 2.05) is 33.7 Å². The van der Waals surface area contributed by atoms with E-state index in [9.17, 15) is 4.79 Å². The Labute approximate surface area is 163 Å². The Hall–Kier alpha value is -1.14. The van der Waals surface area contributed by atoms with Gasteiger partial charge in [-0.15, -0.1) is 0 Å². The zero-order chi connectivity index (χ0) is 17.8. The number of para-hydroxylation sites is 2. The van der Waals surface area contributed by atoms with Crippen molar-refractivity contribution in [2.45, 2.75) is 56.1 Å². The Balaban J connectivity index is 1.20. The summed E-state index contributed by atoms with van der Waals surface area (Å²) in [7, 11) is 4.04. The topological polar surface area (TPSA) is 49.0 Å². The SMILES string of the molecule is O=C(CCCC[C@H]1CCSS1)N1CCC(c2nc3ccccc3[nH]2)CC1. The monoisotopic (exact) mass is 389 g/mol. The Morgan fingerprint density at radius 3 is 2.81 bits per heavy atom. The molecule has 1 amide bonds. The van der Waals surface area contributed by atoms with E-state index in [2.05, 4.69) is 22.0 Å². The molecule has 26 heavy (non-hydrogen) atoms. The van der Waals surface area contributed by atoms with Crippen LogP contribution in [0.3, 0.4) is 0 Å². The first-order chi connectivity index (χ1) is 12.8. The summed E-state index contributed by atoms with van der Waals surface area (Å²) in [6.45, 7) is 1.74. The normalized spacial score (nSPS) is 21.5. The molecule has 2 aromatic rings. The molecule has 2 fully saturated rings. The van der Waals surface area contributed by atoms with Crippen molar-refractivity contribution in [2.24, 2.45) is 0 Å². The number of nitrogens with one attached hydrogen (secondary N) is 1. The van der Waals surface area contributed by atoms with Gasteiger partial charge in [0, 0.05) is 36.4 Å². The number of nitrogens with zero attached hydrogens (tertiary/aromatic N) is 2. The van der Waals surface area contributed by atoms with Crippen LogP contribution in [-0.4, -0.2) is 44.9 Å². The summed E-state index contributed by atoms with van der Waals surface area (Å²) in [5.41, 5.74) is 2.15. The number of fused-ring (bicyclic) bond motifs is 1. The lowest BCUT2D eigenvalue weighted by molar-refractivity contribution is -0.132. The molecular weight excluding hydrogens is 362 g/mol. The minimum Gasteiger partial charge on any atom is -0.343 e. The fraction of sp³-hybridized carbons (Fsp3) is 0.600. The van der Waals surface area contributed by atoms with E-state index in [1.165, 1.54) is 25.0 Å². The number of imidazole rings is 1. The summed E-state index contributed by atoms with van der Waals surface area (Å²) in [4.78, 5) is 22.7. The second-order valence-corrected chi connectivity index (χ2v) is 10.2. The molecule has 0 aliphatic carbocycles. The number of hydrogen-bond donors (Lipinski definition) is 1. The minimum atomic E-state index is 0.349. The quantitative estimate of drug-likeness (QED) is 0.559. The predicted molar refractivity (Wildman–Crippen MR) is 112 cm³/mol. The number of unbranched alkanes of at least 4 members (excludes halogenated alkanes) is 1. The smallest absolute Gasteiger partial charge is 0.222 e. The molecule has 0 unspecified atom stereocenters. The van der Waals surface area contributed by atoms with E-state index in [0.29, 0.717) is 11.8 Å². The van der Waals surface area contributed by atoms with Crippen LogP contribution in [0.1, 0.15) is 56.7 Å². The molecule has 6 heteroatoms. The van der Waals surface area contributed by atoms with Crippen molar-refractivity contribution in [1.29, 1.82) is 0 Å². The van der Waals surface area contributed by atoms with Gasteiger partial charge in [-0.25, -0.2) is 4.98 Å². The van der Waals surface area contributed by atoms with Gasteiger partial charge in [0.05, 0.1) is 11.0 Å². The molecule has 3 heterocycles. The molecule has 1 atom stereocenters. The predicted octanol–water partition coefficient (Wildman–Crippen LogP) is 4.98. The van der Waals surface area contributed by atoms with Gasteiger partial charge >= 0.3 is 0 Å². The number of aromatic nitrogens is 2. The van der Waals surface area contributed by atoms with Crippen molar-refractivity contribution in [3.05, 3.63) is 30.1 Å². The molecule has 4 nitrogen and oxygen atoms in total. The third-order valence-electron chi connectivity index (χ3n) is 5.54. The second kappa shape index (κ2) is 8.70. The molecule has 0 saturated carbocycles. The molecule has 2 aliphatic heterocycles. The molecule has 1 aromatic carbocycles. The van der Waals surface area contributed by atoms with E-state index in [1.54, 1.807) is 0 Å². The molecule has 2 aliphatic rings. The van der Waals surface area contributed by atoms with Gasteiger partial charge in [0.2, 0.25) is 5.91 Å². The van der Waals surface area contributed by atoms with E-state index in [-0.39, 0.29) is 0 Å².